The van der Waals surface area contributed by atoms with Crippen molar-refractivity contribution in [2.24, 2.45) is 5.92 Å². The van der Waals surface area contributed by atoms with E-state index in [4.69, 9.17) is 0 Å². The highest BCUT2D eigenvalue weighted by Crippen LogP contribution is 2.23. The van der Waals surface area contributed by atoms with Crippen LogP contribution in [0, 0.1) is 5.92 Å². The maximum atomic E-state index is 12.0. The molecule has 1 N–H and O–H groups in total. The molecule has 2 fully saturated rings. The van der Waals surface area contributed by atoms with Gasteiger partial charge in [-0.2, -0.15) is 0 Å². The van der Waals surface area contributed by atoms with Crippen LogP contribution in [0.25, 0.3) is 0 Å². The molecule has 2 amide bonds. The molecule has 0 bridgehead atoms. The number of carbonyl (C=O) groups is 3. The number of hydrogen-bond donors (Lipinski definition) is 1. The average molecular weight is 270 g/mol. The second-order valence-corrected chi connectivity index (χ2v) is 6.16. The van der Waals surface area contributed by atoms with Gasteiger partial charge in [-0.1, -0.05) is 11.8 Å². The fraction of sp³-hybridized carbons (Fsp3) is 0.750. The van der Waals surface area contributed by atoms with Crippen molar-refractivity contribution < 1.29 is 14.4 Å². The number of nitrogens with one attached hydrogen (secondary N) is 1. The minimum Gasteiger partial charge on any atom is -0.345 e. The summed E-state index contributed by atoms with van der Waals surface area (Å²) in [6.45, 7) is 4.35. The Hall–Kier alpha value is -1.04. The van der Waals surface area contributed by atoms with Crippen molar-refractivity contribution in [3.8, 4) is 0 Å². The van der Waals surface area contributed by atoms with Crippen molar-refractivity contribution in [2.45, 2.75) is 38.8 Å². The number of amides is 2. The lowest BCUT2D eigenvalue weighted by Crippen LogP contribution is -2.42. The Kier molecular flexibility index (Phi) is 3.94. The molecule has 0 aromatic rings. The third kappa shape index (κ3) is 2.68. The standard InChI is InChI=1S/C12H18N2O3S/c1-7(2)14-6-8(5-10(14)15)11(16)13-9-3-4-18-12(9)17/h7-9H,3-6H2,1-2H3,(H,13,16)/t8-,9-/m0/s1. The molecule has 0 aromatic carbocycles. The van der Waals surface area contributed by atoms with Crippen LogP contribution in [0.2, 0.25) is 0 Å². The summed E-state index contributed by atoms with van der Waals surface area (Å²) in [5, 5.41) is 2.80. The van der Waals surface area contributed by atoms with Gasteiger partial charge in [0.05, 0.1) is 12.0 Å². The summed E-state index contributed by atoms with van der Waals surface area (Å²) in [6.07, 6.45) is 0.960. The SMILES string of the molecule is CC(C)N1C[C@@H](C(=O)N[C@H]2CCSC2=O)CC1=O. The van der Waals surface area contributed by atoms with Crippen LogP contribution < -0.4 is 5.32 Å². The summed E-state index contributed by atoms with van der Waals surface area (Å²) in [5.74, 6) is 0.328. The molecule has 6 heteroatoms. The number of nitrogens with zero attached hydrogens (tertiary/aromatic N) is 1. The van der Waals surface area contributed by atoms with Gasteiger partial charge < -0.3 is 10.2 Å². The van der Waals surface area contributed by atoms with Crippen molar-refractivity contribution >= 4 is 28.7 Å². The highest BCUT2D eigenvalue weighted by atomic mass is 32.2. The van der Waals surface area contributed by atoms with Gasteiger partial charge in [-0.3, -0.25) is 14.4 Å². The zero-order valence-electron chi connectivity index (χ0n) is 10.6. The minimum atomic E-state index is -0.356. The quantitative estimate of drug-likeness (QED) is 0.805. The molecule has 2 rings (SSSR count). The predicted molar refractivity (Wildman–Crippen MR) is 69.0 cm³/mol. The molecule has 0 radical (unpaired) electrons. The Balaban J connectivity index is 1.91. The molecule has 2 aliphatic heterocycles. The van der Waals surface area contributed by atoms with Crippen molar-refractivity contribution in [1.82, 2.24) is 10.2 Å². The molecule has 0 spiro atoms. The van der Waals surface area contributed by atoms with Gasteiger partial charge in [0.1, 0.15) is 0 Å². The van der Waals surface area contributed by atoms with Crippen molar-refractivity contribution in [3.63, 3.8) is 0 Å². The van der Waals surface area contributed by atoms with Gasteiger partial charge in [-0.15, -0.1) is 0 Å². The molecule has 2 saturated heterocycles. The third-order valence-electron chi connectivity index (χ3n) is 3.40. The number of carbonyl (C=O) groups excluding carboxylic acids is 3. The van der Waals surface area contributed by atoms with E-state index in [-0.39, 0.29) is 41.4 Å². The molecule has 0 unspecified atom stereocenters. The van der Waals surface area contributed by atoms with Crippen LogP contribution in [-0.2, 0) is 14.4 Å². The van der Waals surface area contributed by atoms with Crippen LogP contribution in [0.5, 0.6) is 0 Å². The van der Waals surface area contributed by atoms with E-state index in [1.165, 1.54) is 11.8 Å². The van der Waals surface area contributed by atoms with Crippen molar-refractivity contribution in [1.29, 1.82) is 0 Å². The Morgan fingerprint density at radius 1 is 1.44 bits per heavy atom. The average Bonchev–Trinajstić information content (AvgIpc) is 2.86. The third-order valence-corrected chi connectivity index (χ3v) is 4.41. The first-order chi connectivity index (χ1) is 8.49. The van der Waals surface area contributed by atoms with Gasteiger partial charge in [-0.05, 0) is 20.3 Å². The first kappa shape index (κ1) is 13.4. The monoisotopic (exact) mass is 270 g/mol. The number of likely N-dealkylation sites (tertiary alicyclic amines) is 1. The molecule has 0 aliphatic carbocycles. The molecule has 18 heavy (non-hydrogen) atoms. The van der Waals surface area contributed by atoms with E-state index >= 15 is 0 Å². The highest BCUT2D eigenvalue weighted by molar-refractivity contribution is 8.14. The Morgan fingerprint density at radius 3 is 2.67 bits per heavy atom. The maximum Gasteiger partial charge on any atom is 0.226 e. The second kappa shape index (κ2) is 5.30. The van der Waals surface area contributed by atoms with E-state index in [0.29, 0.717) is 13.0 Å². The second-order valence-electron chi connectivity index (χ2n) is 5.06. The smallest absolute Gasteiger partial charge is 0.226 e. The van der Waals surface area contributed by atoms with Gasteiger partial charge in [0.25, 0.3) is 0 Å². The van der Waals surface area contributed by atoms with Gasteiger partial charge in [0.2, 0.25) is 16.9 Å². The molecule has 100 valence electrons. The Labute approximate surface area is 111 Å². The summed E-state index contributed by atoms with van der Waals surface area (Å²) < 4.78 is 0. The summed E-state index contributed by atoms with van der Waals surface area (Å²) in [5.41, 5.74) is 0. The minimum absolute atomic E-state index is 0.0253. The van der Waals surface area contributed by atoms with E-state index in [9.17, 15) is 14.4 Å². The largest absolute Gasteiger partial charge is 0.345 e. The van der Waals surface area contributed by atoms with Crippen LogP contribution in [0.4, 0.5) is 0 Å². The predicted octanol–water partition coefficient (Wildman–Crippen LogP) is 0.392. The van der Waals surface area contributed by atoms with Gasteiger partial charge in [-0.25, -0.2) is 0 Å². The number of hydrogen-bond acceptors (Lipinski definition) is 4. The Bertz CT molecular complexity index is 384. The topological polar surface area (TPSA) is 66.5 Å². The molecular formula is C12H18N2O3S. The first-order valence-corrected chi connectivity index (χ1v) is 7.24. The molecule has 5 nitrogen and oxygen atoms in total. The lowest BCUT2D eigenvalue weighted by Gasteiger charge is -2.21. The summed E-state index contributed by atoms with van der Waals surface area (Å²) >= 11 is 1.26. The number of rotatable bonds is 3. The van der Waals surface area contributed by atoms with Gasteiger partial charge in [0.15, 0.2) is 0 Å². The fourth-order valence-corrected chi connectivity index (χ4v) is 3.26. The molecular weight excluding hydrogens is 252 g/mol. The van der Waals surface area contributed by atoms with E-state index in [0.717, 1.165) is 5.75 Å². The van der Waals surface area contributed by atoms with Crippen LogP contribution in [0.15, 0.2) is 0 Å². The van der Waals surface area contributed by atoms with Crippen molar-refractivity contribution in [3.05, 3.63) is 0 Å². The van der Waals surface area contributed by atoms with E-state index in [2.05, 4.69) is 5.32 Å². The van der Waals surface area contributed by atoms with Crippen molar-refractivity contribution in [2.75, 3.05) is 12.3 Å². The zero-order valence-corrected chi connectivity index (χ0v) is 11.5. The summed E-state index contributed by atoms with van der Waals surface area (Å²) in [7, 11) is 0. The molecule has 2 aliphatic rings. The van der Waals surface area contributed by atoms with Crippen LogP contribution in [0.3, 0.4) is 0 Å². The normalized spacial score (nSPS) is 28.3. The zero-order chi connectivity index (χ0) is 13.3. The molecule has 2 heterocycles. The lowest BCUT2D eigenvalue weighted by atomic mass is 10.1. The summed E-state index contributed by atoms with van der Waals surface area (Å²) in [4.78, 5) is 36.9. The van der Waals surface area contributed by atoms with Crippen LogP contribution in [0.1, 0.15) is 26.7 Å². The van der Waals surface area contributed by atoms with Crippen LogP contribution in [-0.4, -0.2) is 46.2 Å². The lowest BCUT2D eigenvalue weighted by molar-refractivity contribution is -0.130. The van der Waals surface area contributed by atoms with E-state index in [1.807, 2.05) is 13.8 Å². The Morgan fingerprint density at radius 2 is 2.17 bits per heavy atom. The summed E-state index contributed by atoms with van der Waals surface area (Å²) in [6, 6.07) is -0.232. The first-order valence-electron chi connectivity index (χ1n) is 6.25. The van der Waals surface area contributed by atoms with Gasteiger partial charge in [0, 0.05) is 24.8 Å². The van der Waals surface area contributed by atoms with E-state index in [1.54, 1.807) is 4.90 Å². The number of thioether (sulfide) groups is 1. The van der Waals surface area contributed by atoms with E-state index < -0.39 is 0 Å². The molecule has 0 saturated carbocycles. The van der Waals surface area contributed by atoms with Gasteiger partial charge >= 0.3 is 0 Å². The molecule has 0 aromatic heterocycles. The fourth-order valence-electron chi connectivity index (χ4n) is 2.32. The van der Waals surface area contributed by atoms with Crippen LogP contribution >= 0.6 is 11.8 Å². The molecule has 2 atom stereocenters. The highest BCUT2D eigenvalue weighted by Gasteiger charge is 2.37. The maximum absolute atomic E-state index is 12.0.